The van der Waals surface area contributed by atoms with E-state index in [-0.39, 0.29) is 5.54 Å². The van der Waals surface area contributed by atoms with Gasteiger partial charge in [0.05, 0.1) is 6.21 Å². The van der Waals surface area contributed by atoms with E-state index in [1.165, 1.54) is 30.7 Å². The summed E-state index contributed by atoms with van der Waals surface area (Å²) in [5.74, 6) is -1.37. The quantitative estimate of drug-likeness (QED) is 0.340. The van der Waals surface area contributed by atoms with Gasteiger partial charge in [0, 0.05) is 42.7 Å². The first-order chi connectivity index (χ1) is 15.0. The fraction of sp³-hybridized carbons (Fsp3) is 0.320. The van der Waals surface area contributed by atoms with Gasteiger partial charge in [0.25, 0.3) is 0 Å². The second-order valence-corrected chi connectivity index (χ2v) is 8.55. The topological polar surface area (TPSA) is 73.8 Å². The molecule has 1 aliphatic carbocycles. The van der Waals surface area contributed by atoms with Crippen LogP contribution in [-0.2, 0) is 16.0 Å². The summed E-state index contributed by atoms with van der Waals surface area (Å²) in [6.07, 6.45) is 8.42. The zero-order valence-corrected chi connectivity index (χ0v) is 18.0. The number of carbonyl (C=O) groups excluding carboxylic acids is 2. The van der Waals surface area contributed by atoms with Gasteiger partial charge in [-0.2, -0.15) is 5.10 Å². The molecule has 2 aromatic carbocycles. The Balaban J connectivity index is 1.45. The van der Waals surface area contributed by atoms with Gasteiger partial charge < -0.3 is 10.2 Å². The molecule has 6 heteroatoms. The Morgan fingerprint density at radius 1 is 1.06 bits per heavy atom. The van der Waals surface area contributed by atoms with Crippen LogP contribution in [0.25, 0.3) is 5.70 Å². The highest BCUT2D eigenvalue weighted by Gasteiger charge is 2.38. The number of anilines is 1. The Kier molecular flexibility index (Phi) is 5.89. The molecule has 0 radical (unpaired) electrons. The fourth-order valence-corrected chi connectivity index (χ4v) is 4.44. The van der Waals surface area contributed by atoms with Gasteiger partial charge in [-0.15, -0.1) is 0 Å². The van der Waals surface area contributed by atoms with Crippen LogP contribution in [-0.4, -0.2) is 37.5 Å². The van der Waals surface area contributed by atoms with Crippen LogP contribution in [0.2, 0.25) is 0 Å². The smallest absolute Gasteiger partial charge is 0.311 e. The lowest BCUT2D eigenvalue weighted by Gasteiger charge is -2.38. The van der Waals surface area contributed by atoms with Crippen molar-refractivity contribution in [3.05, 3.63) is 71.3 Å². The molecule has 1 heterocycles. The average molecular weight is 417 g/mol. The molecule has 0 unspecified atom stereocenters. The first-order valence-corrected chi connectivity index (χ1v) is 10.7. The number of nitrogens with zero attached hydrogens (tertiary/aromatic N) is 2. The van der Waals surface area contributed by atoms with Crippen molar-refractivity contribution in [2.45, 2.75) is 37.6 Å². The molecule has 0 bridgehead atoms. The molecule has 1 fully saturated rings. The number of ketones is 1. The maximum atomic E-state index is 12.6. The predicted octanol–water partition coefficient (Wildman–Crippen LogP) is 3.27. The number of carbonyl (C=O) groups is 2. The molecule has 1 aliphatic heterocycles. The normalized spacial score (nSPS) is 18.1. The minimum atomic E-state index is -0.751. The summed E-state index contributed by atoms with van der Waals surface area (Å²) in [6, 6.07) is 15.8. The molecule has 2 aliphatic rings. The van der Waals surface area contributed by atoms with Crippen LogP contribution in [0.1, 0.15) is 42.4 Å². The summed E-state index contributed by atoms with van der Waals surface area (Å²) in [5.41, 5.74) is 7.19. The van der Waals surface area contributed by atoms with E-state index in [2.05, 4.69) is 21.9 Å². The molecule has 0 saturated heterocycles. The monoisotopic (exact) mass is 416 g/mol. The van der Waals surface area contributed by atoms with Crippen LogP contribution in [0, 0.1) is 0 Å². The third-order valence-electron chi connectivity index (χ3n) is 6.09. The summed E-state index contributed by atoms with van der Waals surface area (Å²) >= 11 is 0. The number of fused-ring (bicyclic) bond motifs is 1. The average Bonchev–Trinajstić information content (AvgIpc) is 3.21. The summed E-state index contributed by atoms with van der Waals surface area (Å²) < 4.78 is 0. The van der Waals surface area contributed by atoms with Crippen molar-refractivity contribution in [2.75, 3.05) is 19.0 Å². The Bertz CT molecular complexity index is 1030. The van der Waals surface area contributed by atoms with Gasteiger partial charge in [-0.05, 0) is 42.5 Å². The van der Waals surface area contributed by atoms with Crippen LogP contribution in [0.5, 0.6) is 0 Å². The number of benzene rings is 2. The van der Waals surface area contributed by atoms with Gasteiger partial charge in [-0.25, -0.2) is 5.43 Å². The number of rotatable bonds is 5. The second kappa shape index (κ2) is 8.76. The van der Waals surface area contributed by atoms with Crippen LogP contribution >= 0.6 is 0 Å². The number of hydrogen-bond donors (Lipinski definition) is 2. The maximum Gasteiger partial charge on any atom is 0.311 e. The van der Waals surface area contributed by atoms with Crippen molar-refractivity contribution < 1.29 is 9.59 Å². The van der Waals surface area contributed by atoms with Gasteiger partial charge in [-0.1, -0.05) is 49.2 Å². The van der Waals surface area contributed by atoms with Gasteiger partial charge in [0.15, 0.2) is 0 Å². The molecule has 1 spiro atoms. The third-order valence-corrected chi connectivity index (χ3v) is 6.09. The molecule has 0 atom stereocenters. The molecule has 2 aromatic rings. The largest absolute Gasteiger partial charge is 0.379 e. The van der Waals surface area contributed by atoms with Gasteiger partial charge in [0.1, 0.15) is 0 Å². The molecule has 2 N–H and O–H groups in total. The minimum Gasteiger partial charge on any atom is -0.379 e. The van der Waals surface area contributed by atoms with Crippen LogP contribution in [0.15, 0.2) is 59.7 Å². The highest BCUT2D eigenvalue weighted by Crippen LogP contribution is 2.39. The molecule has 6 nitrogen and oxygen atoms in total. The molecule has 1 saturated carbocycles. The Morgan fingerprint density at radius 2 is 1.77 bits per heavy atom. The second-order valence-electron chi connectivity index (χ2n) is 8.55. The minimum absolute atomic E-state index is 0.00613. The molecule has 160 valence electrons. The van der Waals surface area contributed by atoms with Crippen LogP contribution in [0.3, 0.4) is 0 Å². The van der Waals surface area contributed by atoms with E-state index in [9.17, 15) is 9.59 Å². The van der Waals surface area contributed by atoms with Crippen molar-refractivity contribution in [2.24, 2.45) is 5.10 Å². The number of nitrogens with one attached hydrogen (secondary N) is 2. The van der Waals surface area contributed by atoms with E-state index in [0.717, 1.165) is 41.8 Å². The van der Waals surface area contributed by atoms with Gasteiger partial charge in [0.2, 0.25) is 5.78 Å². The van der Waals surface area contributed by atoms with Crippen molar-refractivity contribution in [3.8, 4) is 0 Å². The summed E-state index contributed by atoms with van der Waals surface area (Å²) in [7, 11) is 3.94. The van der Waals surface area contributed by atoms with Crippen molar-refractivity contribution in [3.63, 3.8) is 0 Å². The van der Waals surface area contributed by atoms with E-state index >= 15 is 0 Å². The first-order valence-electron chi connectivity index (χ1n) is 10.7. The molecular formula is C25H28N4O2. The third kappa shape index (κ3) is 4.68. The van der Waals surface area contributed by atoms with Crippen LogP contribution in [0.4, 0.5) is 5.69 Å². The van der Waals surface area contributed by atoms with Crippen LogP contribution < -0.4 is 15.6 Å². The molecular weight excluding hydrogens is 388 g/mol. The van der Waals surface area contributed by atoms with E-state index in [1.807, 2.05) is 61.5 Å². The lowest BCUT2D eigenvalue weighted by molar-refractivity contribution is -0.135. The maximum absolute atomic E-state index is 12.6. The number of amides is 1. The number of hydrogen-bond acceptors (Lipinski definition) is 5. The Labute approximate surface area is 183 Å². The van der Waals surface area contributed by atoms with Crippen molar-refractivity contribution in [1.29, 1.82) is 0 Å². The van der Waals surface area contributed by atoms with E-state index < -0.39 is 11.7 Å². The summed E-state index contributed by atoms with van der Waals surface area (Å²) in [4.78, 5) is 26.9. The van der Waals surface area contributed by atoms with E-state index in [1.54, 1.807) is 0 Å². The van der Waals surface area contributed by atoms with Gasteiger partial charge >= 0.3 is 5.91 Å². The summed E-state index contributed by atoms with van der Waals surface area (Å²) in [5, 5.41) is 7.52. The van der Waals surface area contributed by atoms with E-state index in [4.69, 9.17) is 0 Å². The summed E-state index contributed by atoms with van der Waals surface area (Å²) in [6.45, 7) is 0. The highest BCUT2D eigenvalue weighted by atomic mass is 16.2. The van der Waals surface area contributed by atoms with Gasteiger partial charge in [-0.3, -0.25) is 9.59 Å². The first kappa shape index (κ1) is 20.8. The standard InChI is InChI=1S/C25H28N4O2/c1-29(2)20-11-9-18(10-12-20)17-26-28-24(31)23(30)15-22-21-8-4-3-7-19(21)16-25(27-22)13-5-6-14-25/h3-4,7-12,15,17,27H,5-6,13-14,16H2,1-2H3,(H,28,31)/b22-15-,26-17-. The van der Waals surface area contributed by atoms with E-state index in [0.29, 0.717) is 0 Å². The van der Waals surface area contributed by atoms with Crippen molar-refractivity contribution >= 4 is 29.3 Å². The fourth-order valence-electron chi connectivity index (χ4n) is 4.44. The zero-order valence-electron chi connectivity index (χ0n) is 18.0. The Morgan fingerprint density at radius 3 is 2.48 bits per heavy atom. The Hall–Kier alpha value is -3.41. The lowest BCUT2D eigenvalue weighted by Crippen LogP contribution is -2.47. The zero-order chi connectivity index (χ0) is 21.8. The van der Waals surface area contributed by atoms with Crippen molar-refractivity contribution in [1.82, 2.24) is 10.7 Å². The molecule has 4 rings (SSSR count). The lowest BCUT2D eigenvalue weighted by atomic mass is 9.82. The molecule has 1 amide bonds. The predicted molar refractivity (Wildman–Crippen MR) is 124 cm³/mol. The molecule has 31 heavy (non-hydrogen) atoms. The molecule has 0 aromatic heterocycles. The number of hydrazone groups is 1. The highest BCUT2D eigenvalue weighted by molar-refractivity contribution is 6.41. The SMILES string of the molecule is CN(C)c1ccc(/C=N\NC(=O)C(=O)/C=C2\NC3(CCCC3)Cc3ccccc32)cc1.